The number of halogens is 1. The highest BCUT2D eigenvalue weighted by Gasteiger charge is 2.26. The number of carbonyl (C=O) groups is 1. The van der Waals surface area contributed by atoms with Gasteiger partial charge in [-0.3, -0.25) is 9.59 Å². The van der Waals surface area contributed by atoms with Gasteiger partial charge in [0, 0.05) is 29.0 Å². The van der Waals surface area contributed by atoms with Crippen molar-refractivity contribution in [2.45, 2.75) is 32.2 Å². The van der Waals surface area contributed by atoms with Crippen molar-refractivity contribution in [1.82, 2.24) is 15.3 Å². The van der Waals surface area contributed by atoms with Gasteiger partial charge in [-0.1, -0.05) is 23.7 Å². The predicted octanol–water partition coefficient (Wildman–Crippen LogP) is 3.39. The zero-order valence-corrected chi connectivity index (χ0v) is 15.7. The zero-order valence-electron chi connectivity index (χ0n) is 14.9. The van der Waals surface area contributed by atoms with Crippen LogP contribution < -0.4 is 15.5 Å². The first-order valence-corrected chi connectivity index (χ1v) is 9.31. The van der Waals surface area contributed by atoms with E-state index >= 15 is 0 Å². The summed E-state index contributed by atoms with van der Waals surface area (Å²) in [7, 11) is 0. The minimum absolute atomic E-state index is 0.121. The molecule has 0 radical (unpaired) electrons. The number of para-hydroxylation sites is 1. The summed E-state index contributed by atoms with van der Waals surface area (Å²) in [4.78, 5) is 30.5. The zero-order chi connectivity index (χ0) is 19.0. The van der Waals surface area contributed by atoms with E-state index in [-0.39, 0.29) is 29.7 Å². The molecular formula is C20H20ClN3O3. The van der Waals surface area contributed by atoms with Crippen LogP contribution in [0.3, 0.4) is 0 Å². The average molecular weight is 386 g/mol. The second kappa shape index (κ2) is 7.12. The van der Waals surface area contributed by atoms with E-state index in [0.29, 0.717) is 5.02 Å². The fourth-order valence-electron chi connectivity index (χ4n) is 3.65. The molecule has 4 rings (SSSR count). The Balaban J connectivity index is 1.49. The summed E-state index contributed by atoms with van der Waals surface area (Å²) >= 11 is 6.30. The number of carbonyl (C=O) groups excluding carboxylic acids is 1. The van der Waals surface area contributed by atoms with Crippen LogP contribution in [-0.4, -0.2) is 22.5 Å². The molecule has 0 bridgehead atoms. The van der Waals surface area contributed by atoms with Crippen molar-refractivity contribution in [3.05, 3.63) is 62.7 Å². The van der Waals surface area contributed by atoms with E-state index in [1.807, 2.05) is 18.2 Å². The van der Waals surface area contributed by atoms with Gasteiger partial charge in [0.05, 0.1) is 16.6 Å². The van der Waals surface area contributed by atoms with Gasteiger partial charge in [-0.15, -0.1) is 0 Å². The second-order valence-corrected chi connectivity index (χ2v) is 7.23. The van der Waals surface area contributed by atoms with Crippen molar-refractivity contribution in [1.29, 1.82) is 0 Å². The molecule has 2 heterocycles. The molecule has 6 nitrogen and oxygen atoms in total. The number of nitrogens with one attached hydrogen (secondary N) is 3. The molecule has 0 aliphatic heterocycles. The Labute approximate surface area is 160 Å². The molecule has 27 heavy (non-hydrogen) atoms. The SMILES string of the molecule is Cc1cc(=O)c(OCC(=O)N[C@@H]2CCCc3c2[nH]c2c(Cl)cccc32)c[nH]1. The summed E-state index contributed by atoms with van der Waals surface area (Å²) in [5.41, 5.74) is 3.62. The molecule has 140 valence electrons. The molecule has 0 unspecified atom stereocenters. The molecule has 0 spiro atoms. The van der Waals surface area contributed by atoms with Gasteiger partial charge < -0.3 is 20.0 Å². The van der Waals surface area contributed by atoms with Crippen molar-refractivity contribution in [2.24, 2.45) is 0 Å². The molecule has 2 aromatic heterocycles. The number of aromatic amines is 2. The van der Waals surface area contributed by atoms with Gasteiger partial charge in [0.1, 0.15) is 0 Å². The first kappa shape index (κ1) is 17.7. The summed E-state index contributed by atoms with van der Waals surface area (Å²) in [5, 5.41) is 4.79. The number of ether oxygens (including phenoxy) is 1. The Hall–Kier alpha value is -2.73. The van der Waals surface area contributed by atoms with Gasteiger partial charge in [-0.2, -0.15) is 0 Å². The fourth-order valence-corrected chi connectivity index (χ4v) is 3.87. The summed E-state index contributed by atoms with van der Waals surface area (Å²) < 4.78 is 5.37. The highest BCUT2D eigenvalue weighted by Crippen LogP contribution is 2.36. The molecule has 1 aliphatic rings. The fraction of sp³-hybridized carbons (Fsp3) is 0.300. The quantitative estimate of drug-likeness (QED) is 0.643. The first-order valence-electron chi connectivity index (χ1n) is 8.93. The van der Waals surface area contributed by atoms with Crippen molar-refractivity contribution in [2.75, 3.05) is 6.61 Å². The van der Waals surface area contributed by atoms with Crippen molar-refractivity contribution in [3.63, 3.8) is 0 Å². The Morgan fingerprint density at radius 1 is 1.41 bits per heavy atom. The van der Waals surface area contributed by atoms with Crippen LogP contribution >= 0.6 is 11.6 Å². The summed E-state index contributed by atoms with van der Waals surface area (Å²) in [6.45, 7) is 1.57. The van der Waals surface area contributed by atoms with E-state index in [1.165, 1.54) is 17.8 Å². The number of rotatable bonds is 4. The van der Waals surface area contributed by atoms with Gasteiger partial charge in [-0.25, -0.2) is 0 Å². The topological polar surface area (TPSA) is 87.0 Å². The molecule has 3 aromatic rings. The standard InChI is InChI=1S/C20H20ClN3O3/c1-11-8-16(25)17(9-22-11)27-10-18(26)23-15-7-3-5-13-12-4-2-6-14(21)19(12)24-20(13)15/h2,4,6,8-9,15,24H,3,5,7,10H2,1H3,(H,22,25)(H,23,26)/t15-/m1/s1. The average Bonchev–Trinajstić information content (AvgIpc) is 3.02. The largest absolute Gasteiger partial charge is 0.478 e. The minimum Gasteiger partial charge on any atom is -0.478 e. The maximum atomic E-state index is 12.4. The number of fused-ring (bicyclic) bond motifs is 3. The molecule has 3 N–H and O–H groups in total. The van der Waals surface area contributed by atoms with E-state index in [0.717, 1.165) is 41.6 Å². The van der Waals surface area contributed by atoms with Crippen LogP contribution in [0.5, 0.6) is 5.75 Å². The summed E-state index contributed by atoms with van der Waals surface area (Å²) in [6.07, 6.45) is 4.25. The monoisotopic (exact) mass is 385 g/mol. The molecule has 0 fully saturated rings. The number of hydrogen-bond acceptors (Lipinski definition) is 3. The number of aromatic nitrogens is 2. The van der Waals surface area contributed by atoms with E-state index < -0.39 is 0 Å². The molecule has 1 aromatic carbocycles. The van der Waals surface area contributed by atoms with E-state index in [2.05, 4.69) is 15.3 Å². The minimum atomic E-state index is -0.266. The summed E-state index contributed by atoms with van der Waals surface area (Å²) in [6, 6.07) is 7.16. The number of benzene rings is 1. The molecule has 7 heteroatoms. The molecule has 0 saturated carbocycles. The van der Waals surface area contributed by atoms with Gasteiger partial charge in [0.25, 0.3) is 5.91 Å². The van der Waals surface area contributed by atoms with E-state index in [4.69, 9.17) is 16.3 Å². The van der Waals surface area contributed by atoms with E-state index in [1.54, 1.807) is 6.92 Å². The third kappa shape index (κ3) is 3.45. The van der Waals surface area contributed by atoms with Crippen molar-refractivity contribution < 1.29 is 9.53 Å². The lowest BCUT2D eigenvalue weighted by molar-refractivity contribution is -0.124. The molecule has 1 atom stereocenters. The normalized spacial score (nSPS) is 16.1. The lowest BCUT2D eigenvalue weighted by Crippen LogP contribution is -2.34. The smallest absolute Gasteiger partial charge is 0.258 e. The lowest BCUT2D eigenvalue weighted by atomic mass is 9.91. The van der Waals surface area contributed by atoms with Crippen LogP contribution in [0.15, 0.2) is 35.3 Å². The highest BCUT2D eigenvalue weighted by atomic mass is 35.5. The third-order valence-electron chi connectivity index (χ3n) is 4.91. The number of aryl methyl sites for hydroxylation is 2. The van der Waals surface area contributed by atoms with Crippen LogP contribution in [-0.2, 0) is 11.2 Å². The first-order chi connectivity index (χ1) is 13.0. The van der Waals surface area contributed by atoms with Crippen LogP contribution in [0.4, 0.5) is 0 Å². The number of hydrogen-bond donors (Lipinski definition) is 3. The van der Waals surface area contributed by atoms with Gasteiger partial charge in [0.15, 0.2) is 12.4 Å². The van der Waals surface area contributed by atoms with Crippen LogP contribution in [0, 0.1) is 6.92 Å². The molecular weight excluding hydrogens is 366 g/mol. The number of amides is 1. The van der Waals surface area contributed by atoms with Crippen LogP contribution in [0.2, 0.25) is 5.02 Å². The number of H-pyrrole nitrogens is 2. The third-order valence-corrected chi connectivity index (χ3v) is 5.22. The maximum absolute atomic E-state index is 12.4. The molecule has 1 aliphatic carbocycles. The number of pyridine rings is 1. The maximum Gasteiger partial charge on any atom is 0.258 e. The lowest BCUT2D eigenvalue weighted by Gasteiger charge is -2.23. The van der Waals surface area contributed by atoms with Crippen LogP contribution in [0.25, 0.3) is 10.9 Å². The molecule has 0 saturated heterocycles. The van der Waals surface area contributed by atoms with Crippen molar-refractivity contribution >= 4 is 28.4 Å². The molecule has 1 amide bonds. The van der Waals surface area contributed by atoms with Crippen LogP contribution in [0.1, 0.15) is 35.8 Å². The summed E-state index contributed by atoms with van der Waals surface area (Å²) in [5.74, 6) is -0.130. The second-order valence-electron chi connectivity index (χ2n) is 6.83. The highest BCUT2D eigenvalue weighted by molar-refractivity contribution is 6.35. The Morgan fingerprint density at radius 2 is 2.26 bits per heavy atom. The van der Waals surface area contributed by atoms with E-state index in [9.17, 15) is 9.59 Å². The van der Waals surface area contributed by atoms with Gasteiger partial charge in [-0.05, 0) is 37.8 Å². The predicted molar refractivity (Wildman–Crippen MR) is 104 cm³/mol. The van der Waals surface area contributed by atoms with Crippen molar-refractivity contribution in [3.8, 4) is 5.75 Å². The Kier molecular flexibility index (Phi) is 4.66. The Bertz CT molecular complexity index is 1070. The Morgan fingerprint density at radius 3 is 3.07 bits per heavy atom. The van der Waals surface area contributed by atoms with Gasteiger partial charge in [0.2, 0.25) is 5.43 Å². The van der Waals surface area contributed by atoms with Gasteiger partial charge >= 0.3 is 0 Å².